The van der Waals surface area contributed by atoms with Gasteiger partial charge in [0.25, 0.3) is 5.91 Å². The molecule has 2 aromatic heterocycles. The Bertz CT molecular complexity index is 1200. The first-order valence-electron chi connectivity index (χ1n) is 13.0. The first-order valence-corrected chi connectivity index (χ1v) is 13.4. The predicted molar refractivity (Wildman–Crippen MR) is 141 cm³/mol. The Kier molecular flexibility index (Phi) is 7.75. The number of carbonyl (C=O) groups excluding carboxylic acids is 2. The number of pyridine rings is 1. The van der Waals surface area contributed by atoms with E-state index in [4.69, 9.17) is 21.0 Å². The normalized spacial score (nSPS) is 16.5. The molecule has 0 atom stereocenters. The fraction of sp³-hybridized carbons (Fsp3) is 0.464. The average molecular weight is 509 g/mol. The Morgan fingerprint density at radius 1 is 1.06 bits per heavy atom. The van der Waals surface area contributed by atoms with E-state index in [0.717, 1.165) is 61.2 Å². The molecule has 36 heavy (non-hydrogen) atoms. The van der Waals surface area contributed by atoms with Crippen LogP contribution in [0.25, 0.3) is 10.9 Å². The van der Waals surface area contributed by atoms with Crippen LogP contribution in [-0.2, 0) is 11.3 Å². The molecule has 2 fully saturated rings. The van der Waals surface area contributed by atoms with E-state index in [-0.39, 0.29) is 11.8 Å². The van der Waals surface area contributed by atoms with Crippen LogP contribution in [0.1, 0.15) is 61.1 Å². The zero-order chi connectivity index (χ0) is 24.9. The van der Waals surface area contributed by atoms with Crippen LogP contribution in [0.3, 0.4) is 0 Å². The summed E-state index contributed by atoms with van der Waals surface area (Å²) in [6.07, 6.45) is 8.50. The number of aromatic nitrogens is 1. The number of likely N-dealkylation sites (tertiary alicyclic amines) is 1. The van der Waals surface area contributed by atoms with Crippen molar-refractivity contribution in [2.75, 3.05) is 37.6 Å². The van der Waals surface area contributed by atoms with E-state index in [0.29, 0.717) is 43.3 Å². The second kappa shape index (κ2) is 11.3. The number of halogens is 1. The lowest BCUT2D eigenvalue weighted by molar-refractivity contribution is -0.127. The number of hydrogen-bond acceptors (Lipinski definition) is 5. The Morgan fingerprint density at radius 3 is 2.61 bits per heavy atom. The molecule has 0 unspecified atom stereocenters. The number of rotatable bonds is 8. The summed E-state index contributed by atoms with van der Waals surface area (Å²) in [5.74, 6) is 1.31. The number of carbonyl (C=O) groups is 2. The second-order valence-electron chi connectivity index (χ2n) is 9.75. The van der Waals surface area contributed by atoms with Crippen molar-refractivity contribution < 1.29 is 14.0 Å². The molecule has 0 N–H and O–H groups in total. The van der Waals surface area contributed by atoms with Gasteiger partial charge in [-0.05, 0) is 56.0 Å². The van der Waals surface area contributed by atoms with Crippen molar-refractivity contribution in [1.29, 1.82) is 0 Å². The zero-order valence-electron chi connectivity index (χ0n) is 20.6. The van der Waals surface area contributed by atoms with E-state index in [1.165, 1.54) is 19.1 Å². The van der Waals surface area contributed by atoms with Crippen molar-refractivity contribution in [3.63, 3.8) is 0 Å². The topological polar surface area (TPSA) is 69.9 Å². The molecule has 0 bridgehead atoms. The molecule has 0 saturated carbocycles. The predicted octanol–water partition coefficient (Wildman–Crippen LogP) is 5.52. The maximum Gasteiger partial charge on any atom is 0.289 e. The average Bonchev–Trinajstić information content (AvgIpc) is 3.48. The van der Waals surface area contributed by atoms with E-state index in [1.54, 1.807) is 12.1 Å². The summed E-state index contributed by atoms with van der Waals surface area (Å²) < 4.78 is 5.46. The molecule has 0 spiro atoms. The molecule has 2 aliphatic rings. The molecule has 190 valence electrons. The minimum Gasteiger partial charge on any atom is -0.459 e. The minimum atomic E-state index is -0.147. The van der Waals surface area contributed by atoms with Crippen LogP contribution in [-0.4, -0.2) is 59.3 Å². The van der Waals surface area contributed by atoms with Gasteiger partial charge < -0.3 is 19.1 Å². The molecule has 2 saturated heterocycles. The van der Waals surface area contributed by atoms with Gasteiger partial charge in [-0.25, -0.2) is 4.98 Å². The third-order valence-electron chi connectivity index (χ3n) is 7.15. The van der Waals surface area contributed by atoms with Gasteiger partial charge in [-0.15, -0.1) is 0 Å². The van der Waals surface area contributed by atoms with E-state index in [2.05, 4.69) is 11.0 Å². The molecule has 5 rings (SSSR count). The van der Waals surface area contributed by atoms with Crippen molar-refractivity contribution in [3.8, 4) is 0 Å². The Morgan fingerprint density at radius 2 is 1.89 bits per heavy atom. The molecule has 2 amide bonds. The Hall–Kier alpha value is -3.06. The lowest BCUT2D eigenvalue weighted by atomic mass is 10.1. The maximum absolute atomic E-state index is 13.5. The standard InChI is InChI=1S/C28H33ClN4O3/c29-23-11-10-21-18-22(27(30-24(21)19-23)32-12-3-1-2-4-13-32)20-33(28(35)25-8-6-17-36-25)16-7-15-31-14-5-9-26(31)34/h6,8,10-11,17-19H,1-5,7,9,12-16,20H2. The van der Waals surface area contributed by atoms with Crippen LogP contribution in [0.2, 0.25) is 5.02 Å². The van der Waals surface area contributed by atoms with Crippen molar-refractivity contribution in [2.24, 2.45) is 0 Å². The molecule has 0 radical (unpaired) electrons. The highest BCUT2D eigenvalue weighted by molar-refractivity contribution is 6.31. The number of benzene rings is 1. The third kappa shape index (κ3) is 5.67. The quantitative estimate of drug-likeness (QED) is 0.401. The lowest BCUT2D eigenvalue weighted by Gasteiger charge is -2.28. The molecule has 0 aliphatic carbocycles. The highest BCUT2D eigenvalue weighted by atomic mass is 35.5. The van der Waals surface area contributed by atoms with Gasteiger partial charge in [-0.3, -0.25) is 9.59 Å². The highest BCUT2D eigenvalue weighted by Gasteiger charge is 2.24. The van der Waals surface area contributed by atoms with Crippen LogP contribution in [0.5, 0.6) is 0 Å². The van der Waals surface area contributed by atoms with Crippen molar-refractivity contribution >= 4 is 40.1 Å². The summed E-state index contributed by atoms with van der Waals surface area (Å²) in [5.41, 5.74) is 1.88. The van der Waals surface area contributed by atoms with Crippen LogP contribution in [0.15, 0.2) is 47.1 Å². The Labute approximate surface area is 217 Å². The van der Waals surface area contributed by atoms with Crippen LogP contribution in [0, 0.1) is 0 Å². The number of hydrogen-bond donors (Lipinski definition) is 0. The maximum atomic E-state index is 13.5. The largest absolute Gasteiger partial charge is 0.459 e. The zero-order valence-corrected chi connectivity index (χ0v) is 21.4. The number of furan rings is 1. The fourth-order valence-electron chi connectivity index (χ4n) is 5.25. The van der Waals surface area contributed by atoms with Gasteiger partial charge >= 0.3 is 0 Å². The summed E-state index contributed by atoms with van der Waals surface area (Å²) in [7, 11) is 0. The van der Waals surface area contributed by atoms with E-state index in [1.807, 2.05) is 28.0 Å². The third-order valence-corrected chi connectivity index (χ3v) is 7.38. The van der Waals surface area contributed by atoms with Crippen molar-refractivity contribution in [2.45, 2.75) is 51.5 Å². The highest BCUT2D eigenvalue weighted by Crippen LogP contribution is 2.29. The van der Waals surface area contributed by atoms with Gasteiger partial charge in [0.1, 0.15) is 5.82 Å². The SMILES string of the molecule is O=C1CCCN1CCCN(Cc1cc2ccc(Cl)cc2nc1N1CCCCCC1)C(=O)c1ccco1. The molecule has 8 heteroatoms. The monoisotopic (exact) mass is 508 g/mol. The van der Waals surface area contributed by atoms with E-state index in [9.17, 15) is 9.59 Å². The summed E-state index contributed by atoms with van der Waals surface area (Å²) in [6.45, 7) is 4.33. The summed E-state index contributed by atoms with van der Waals surface area (Å²) in [6, 6.07) is 11.3. The molecular weight excluding hydrogens is 476 g/mol. The first-order chi connectivity index (χ1) is 17.6. The van der Waals surface area contributed by atoms with Gasteiger partial charge in [0.2, 0.25) is 5.91 Å². The van der Waals surface area contributed by atoms with Gasteiger partial charge in [0.05, 0.1) is 11.8 Å². The number of fused-ring (bicyclic) bond motifs is 1. The minimum absolute atomic E-state index is 0.147. The molecule has 1 aromatic carbocycles. The smallest absolute Gasteiger partial charge is 0.289 e. The van der Waals surface area contributed by atoms with Gasteiger partial charge in [-0.1, -0.05) is 30.5 Å². The molecule has 3 aromatic rings. The fourth-order valence-corrected chi connectivity index (χ4v) is 5.42. The number of amides is 2. The van der Waals surface area contributed by atoms with Gasteiger partial charge in [-0.2, -0.15) is 0 Å². The first kappa shape index (κ1) is 24.6. The lowest BCUT2D eigenvalue weighted by Crippen LogP contribution is -2.35. The summed E-state index contributed by atoms with van der Waals surface area (Å²) >= 11 is 6.28. The summed E-state index contributed by atoms with van der Waals surface area (Å²) in [4.78, 5) is 36.7. The second-order valence-corrected chi connectivity index (χ2v) is 10.2. The number of anilines is 1. The van der Waals surface area contributed by atoms with Crippen LogP contribution >= 0.6 is 11.6 Å². The van der Waals surface area contributed by atoms with Gasteiger partial charge in [0, 0.05) is 61.7 Å². The van der Waals surface area contributed by atoms with Crippen LogP contribution in [0.4, 0.5) is 5.82 Å². The molecule has 4 heterocycles. The van der Waals surface area contributed by atoms with Crippen molar-refractivity contribution in [3.05, 3.63) is 59.0 Å². The molecular formula is C28H33ClN4O3. The van der Waals surface area contributed by atoms with E-state index < -0.39 is 0 Å². The van der Waals surface area contributed by atoms with Crippen LogP contribution < -0.4 is 4.90 Å². The van der Waals surface area contributed by atoms with Crippen molar-refractivity contribution in [1.82, 2.24) is 14.8 Å². The Balaban J connectivity index is 1.44. The molecule has 2 aliphatic heterocycles. The number of nitrogens with zero attached hydrogens (tertiary/aromatic N) is 4. The van der Waals surface area contributed by atoms with E-state index >= 15 is 0 Å². The summed E-state index contributed by atoms with van der Waals surface area (Å²) in [5, 5.41) is 1.66. The van der Waals surface area contributed by atoms with Gasteiger partial charge in [0.15, 0.2) is 5.76 Å². The molecule has 7 nitrogen and oxygen atoms in total.